The highest BCUT2D eigenvalue weighted by molar-refractivity contribution is 7.99. The number of aromatic carboxylic acids is 1. The monoisotopic (exact) mass is 302 g/mol. The van der Waals surface area contributed by atoms with Gasteiger partial charge in [0, 0.05) is 4.90 Å². The van der Waals surface area contributed by atoms with Gasteiger partial charge in [0.1, 0.15) is 17.1 Å². The van der Waals surface area contributed by atoms with Gasteiger partial charge >= 0.3 is 5.97 Å². The topological polar surface area (TPSA) is 46.5 Å². The Hall–Kier alpha value is -1.94. The van der Waals surface area contributed by atoms with Crippen LogP contribution in [0.25, 0.3) is 0 Å². The second kappa shape index (κ2) is 7.18. The van der Waals surface area contributed by atoms with Crippen molar-refractivity contribution in [2.75, 3.05) is 5.75 Å². The Balaban J connectivity index is 2.38. The minimum Gasteiger partial charge on any atom is -0.478 e. The first-order valence-corrected chi connectivity index (χ1v) is 7.90. The van der Waals surface area contributed by atoms with Crippen LogP contribution in [0.3, 0.4) is 0 Å². The zero-order valence-electron chi connectivity index (χ0n) is 12.1. The van der Waals surface area contributed by atoms with Crippen molar-refractivity contribution in [3.8, 4) is 11.5 Å². The molecule has 0 aliphatic carbocycles. The van der Waals surface area contributed by atoms with Gasteiger partial charge in [0.15, 0.2) is 0 Å². The second-order valence-corrected chi connectivity index (χ2v) is 5.78. The molecule has 0 heterocycles. The molecule has 2 aromatic carbocycles. The summed E-state index contributed by atoms with van der Waals surface area (Å²) < 4.78 is 5.81. The van der Waals surface area contributed by atoms with Crippen molar-refractivity contribution in [2.24, 2.45) is 0 Å². The van der Waals surface area contributed by atoms with Crippen LogP contribution in [-0.4, -0.2) is 16.8 Å². The van der Waals surface area contributed by atoms with Crippen molar-refractivity contribution in [2.45, 2.75) is 25.2 Å². The normalized spacial score (nSPS) is 10.4. The molecule has 0 aliphatic rings. The van der Waals surface area contributed by atoms with Crippen LogP contribution in [0.4, 0.5) is 0 Å². The third-order valence-corrected chi connectivity index (χ3v) is 3.98. The average Bonchev–Trinajstić information content (AvgIpc) is 2.47. The fourth-order valence-electron chi connectivity index (χ4n) is 2.04. The number of ether oxygens (including phenoxy) is 1. The van der Waals surface area contributed by atoms with Crippen LogP contribution in [0.2, 0.25) is 0 Å². The molecule has 1 N–H and O–H groups in total. The zero-order valence-corrected chi connectivity index (χ0v) is 12.9. The number of aryl methyl sites for hydroxylation is 1. The van der Waals surface area contributed by atoms with Gasteiger partial charge < -0.3 is 9.84 Å². The van der Waals surface area contributed by atoms with E-state index in [1.165, 1.54) is 11.8 Å². The summed E-state index contributed by atoms with van der Waals surface area (Å²) in [7, 11) is 0. The lowest BCUT2D eigenvalue weighted by atomic mass is 10.1. The van der Waals surface area contributed by atoms with Crippen molar-refractivity contribution < 1.29 is 14.6 Å². The Kier molecular flexibility index (Phi) is 5.28. The molecule has 110 valence electrons. The summed E-state index contributed by atoms with van der Waals surface area (Å²) >= 11 is 1.50. The third-order valence-electron chi connectivity index (χ3n) is 3.04. The lowest BCUT2D eigenvalue weighted by Gasteiger charge is -2.12. The van der Waals surface area contributed by atoms with E-state index in [-0.39, 0.29) is 5.56 Å². The van der Waals surface area contributed by atoms with Gasteiger partial charge in [-0.25, -0.2) is 4.79 Å². The van der Waals surface area contributed by atoms with E-state index >= 15 is 0 Å². The molecule has 2 rings (SSSR count). The van der Waals surface area contributed by atoms with Crippen molar-refractivity contribution in [3.05, 3.63) is 53.6 Å². The minimum atomic E-state index is -0.965. The van der Waals surface area contributed by atoms with E-state index in [2.05, 4.69) is 6.92 Å². The Morgan fingerprint density at radius 2 is 1.95 bits per heavy atom. The molecule has 0 saturated heterocycles. The maximum Gasteiger partial charge on any atom is 0.340 e. The lowest BCUT2D eigenvalue weighted by Crippen LogP contribution is -2.02. The molecule has 0 bridgehead atoms. The fourth-order valence-corrected chi connectivity index (χ4v) is 2.86. The van der Waals surface area contributed by atoms with Gasteiger partial charge in [0.25, 0.3) is 0 Å². The molecule has 0 atom stereocenters. The molecule has 0 radical (unpaired) electrons. The summed E-state index contributed by atoms with van der Waals surface area (Å²) in [6, 6.07) is 13.0. The quantitative estimate of drug-likeness (QED) is 0.775. The van der Waals surface area contributed by atoms with Crippen LogP contribution < -0.4 is 4.74 Å². The smallest absolute Gasteiger partial charge is 0.340 e. The van der Waals surface area contributed by atoms with Gasteiger partial charge in [-0.15, -0.1) is 11.8 Å². The summed E-state index contributed by atoms with van der Waals surface area (Å²) in [5.41, 5.74) is 1.38. The maximum atomic E-state index is 11.5. The molecule has 3 nitrogen and oxygen atoms in total. The number of carboxylic acids is 1. The summed E-state index contributed by atoms with van der Waals surface area (Å²) in [6.45, 7) is 4.06. The highest BCUT2D eigenvalue weighted by Gasteiger charge is 2.17. The Labute approximate surface area is 129 Å². The van der Waals surface area contributed by atoms with Gasteiger partial charge in [-0.3, -0.25) is 0 Å². The van der Waals surface area contributed by atoms with Crippen LogP contribution in [0, 0.1) is 0 Å². The van der Waals surface area contributed by atoms with E-state index in [1.54, 1.807) is 6.07 Å². The number of carboxylic acid groups (broad SMARTS) is 1. The zero-order chi connectivity index (χ0) is 15.2. The van der Waals surface area contributed by atoms with E-state index in [4.69, 9.17) is 4.74 Å². The van der Waals surface area contributed by atoms with Gasteiger partial charge in [0.2, 0.25) is 0 Å². The van der Waals surface area contributed by atoms with E-state index in [9.17, 15) is 9.90 Å². The number of thioether (sulfide) groups is 1. The predicted octanol–water partition coefficient (Wildman–Crippen LogP) is 4.85. The van der Waals surface area contributed by atoms with E-state index in [0.717, 1.165) is 22.6 Å². The first-order chi connectivity index (χ1) is 10.2. The number of hydrogen-bond donors (Lipinski definition) is 1. The second-order valence-electron chi connectivity index (χ2n) is 4.47. The van der Waals surface area contributed by atoms with Crippen LogP contribution in [0.15, 0.2) is 47.4 Å². The molecule has 21 heavy (non-hydrogen) atoms. The van der Waals surface area contributed by atoms with E-state index < -0.39 is 5.97 Å². The summed E-state index contributed by atoms with van der Waals surface area (Å²) in [5, 5.41) is 9.46. The molecule has 2 aromatic rings. The predicted molar refractivity (Wildman–Crippen MR) is 85.7 cm³/mol. The molecule has 0 fully saturated rings. The Morgan fingerprint density at radius 3 is 2.62 bits per heavy atom. The number of benzene rings is 2. The number of rotatable bonds is 6. The van der Waals surface area contributed by atoms with Gasteiger partial charge in [0.05, 0.1) is 0 Å². The Morgan fingerprint density at radius 1 is 1.19 bits per heavy atom. The molecule has 0 aromatic heterocycles. The van der Waals surface area contributed by atoms with Crippen molar-refractivity contribution in [1.82, 2.24) is 0 Å². The van der Waals surface area contributed by atoms with Crippen LogP contribution in [0.1, 0.15) is 29.8 Å². The van der Waals surface area contributed by atoms with Crippen LogP contribution in [-0.2, 0) is 6.42 Å². The fraction of sp³-hybridized carbons (Fsp3) is 0.235. The summed E-state index contributed by atoms with van der Waals surface area (Å²) in [6.07, 6.45) is 0.911. The number of hydrogen-bond acceptors (Lipinski definition) is 3. The SMILES string of the molecule is CCSc1cccc(Oc2cccc(CC)c2)c1C(=O)O. The van der Waals surface area contributed by atoms with Crippen molar-refractivity contribution >= 4 is 17.7 Å². The molecular formula is C17H18O3S. The average molecular weight is 302 g/mol. The van der Waals surface area contributed by atoms with Crippen molar-refractivity contribution in [3.63, 3.8) is 0 Å². The molecule has 0 aliphatic heterocycles. The van der Waals surface area contributed by atoms with E-state index in [1.807, 2.05) is 43.3 Å². The van der Waals surface area contributed by atoms with Crippen LogP contribution in [0.5, 0.6) is 11.5 Å². The highest BCUT2D eigenvalue weighted by Crippen LogP contribution is 2.33. The lowest BCUT2D eigenvalue weighted by molar-refractivity contribution is 0.0690. The summed E-state index contributed by atoms with van der Waals surface area (Å²) in [5.74, 6) is 0.896. The number of carbonyl (C=O) groups is 1. The maximum absolute atomic E-state index is 11.5. The molecule has 0 unspecified atom stereocenters. The van der Waals surface area contributed by atoms with Gasteiger partial charge in [-0.05, 0) is 42.0 Å². The van der Waals surface area contributed by atoms with Gasteiger partial charge in [-0.2, -0.15) is 0 Å². The first-order valence-electron chi connectivity index (χ1n) is 6.91. The largest absolute Gasteiger partial charge is 0.478 e. The van der Waals surface area contributed by atoms with E-state index in [0.29, 0.717) is 11.5 Å². The molecule has 0 amide bonds. The first kappa shape index (κ1) is 15.4. The Bertz CT molecular complexity index is 638. The molecule has 0 saturated carbocycles. The minimum absolute atomic E-state index is 0.228. The standard InChI is InChI=1S/C17H18O3S/c1-3-12-7-5-8-13(11-12)20-14-9-6-10-15(21-4-2)16(14)17(18)19/h5-11H,3-4H2,1-2H3,(H,18,19). The van der Waals surface area contributed by atoms with Gasteiger partial charge in [-0.1, -0.05) is 32.0 Å². The van der Waals surface area contributed by atoms with Crippen molar-refractivity contribution in [1.29, 1.82) is 0 Å². The van der Waals surface area contributed by atoms with Crippen LogP contribution >= 0.6 is 11.8 Å². The summed E-state index contributed by atoms with van der Waals surface area (Å²) in [4.78, 5) is 12.3. The molecular weight excluding hydrogens is 284 g/mol. The third kappa shape index (κ3) is 3.79. The highest BCUT2D eigenvalue weighted by atomic mass is 32.2. The molecule has 0 spiro atoms. The molecule has 4 heteroatoms.